The average Bonchev–Trinajstić information content (AvgIpc) is 2.72. The number of esters is 1. The zero-order valence-corrected chi connectivity index (χ0v) is 16.9. The molecule has 0 saturated heterocycles. The normalized spacial score (nSPS) is 15.2. The third-order valence-electron chi connectivity index (χ3n) is 4.29. The van der Waals surface area contributed by atoms with Crippen LogP contribution in [0.1, 0.15) is 11.1 Å². The summed E-state index contributed by atoms with van der Waals surface area (Å²) in [5, 5.41) is 3.36. The van der Waals surface area contributed by atoms with Gasteiger partial charge < -0.3 is 14.8 Å². The maximum absolute atomic E-state index is 12.2. The Hall–Kier alpha value is -2.18. The summed E-state index contributed by atoms with van der Waals surface area (Å²) in [6.07, 6.45) is 0.493. The second kappa shape index (κ2) is 10.4. The second-order valence-corrected chi connectivity index (χ2v) is 8.00. The number of amides is 1. The van der Waals surface area contributed by atoms with E-state index in [-0.39, 0.29) is 19.1 Å². The van der Waals surface area contributed by atoms with Crippen molar-refractivity contribution < 1.29 is 19.1 Å². The Labute approximate surface area is 173 Å². The Morgan fingerprint density at radius 2 is 2.04 bits per heavy atom. The number of carbonyl (C=O) groups is 2. The predicted molar refractivity (Wildman–Crippen MR) is 111 cm³/mol. The maximum atomic E-state index is 12.2. The molecule has 1 atom stereocenters. The van der Waals surface area contributed by atoms with Gasteiger partial charge in [0.1, 0.15) is 12.4 Å². The van der Waals surface area contributed by atoms with Crippen LogP contribution in [0.5, 0.6) is 5.75 Å². The molecule has 0 aromatic heterocycles. The highest BCUT2D eigenvalue weighted by Gasteiger charge is 2.27. The summed E-state index contributed by atoms with van der Waals surface area (Å²) in [5.74, 6) is 1.27. The first-order valence-electron chi connectivity index (χ1n) is 9.08. The fourth-order valence-corrected chi connectivity index (χ4v) is 3.86. The van der Waals surface area contributed by atoms with Crippen LogP contribution in [0.15, 0.2) is 48.5 Å². The molecule has 0 aliphatic carbocycles. The topological polar surface area (TPSA) is 64.6 Å². The summed E-state index contributed by atoms with van der Waals surface area (Å²) in [6.45, 7) is 0.499. The number of hydrogen-bond acceptors (Lipinski definition) is 5. The highest BCUT2D eigenvalue weighted by Crippen LogP contribution is 2.30. The molecule has 0 fully saturated rings. The molecule has 28 heavy (non-hydrogen) atoms. The van der Waals surface area contributed by atoms with Crippen LogP contribution in [-0.4, -0.2) is 37.4 Å². The lowest BCUT2D eigenvalue weighted by Crippen LogP contribution is -2.34. The van der Waals surface area contributed by atoms with Crippen molar-refractivity contribution in [3.8, 4) is 5.75 Å². The van der Waals surface area contributed by atoms with Crippen molar-refractivity contribution in [1.29, 1.82) is 0 Å². The Bertz CT molecular complexity index is 815. The lowest BCUT2D eigenvalue weighted by molar-refractivity contribution is -0.153. The summed E-state index contributed by atoms with van der Waals surface area (Å²) in [6, 6.07) is 15.5. The van der Waals surface area contributed by atoms with Gasteiger partial charge in [-0.2, -0.15) is 11.8 Å². The Morgan fingerprint density at radius 3 is 2.86 bits per heavy atom. The van der Waals surface area contributed by atoms with E-state index >= 15 is 0 Å². The van der Waals surface area contributed by atoms with Crippen LogP contribution in [0.25, 0.3) is 0 Å². The Balaban J connectivity index is 1.31. The largest absolute Gasteiger partial charge is 0.492 e. The van der Waals surface area contributed by atoms with Crippen molar-refractivity contribution >= 4 is 35.2 Å². The SMILES string of the molecule is O=C(COC(=O)[C@@H]1COc2ccc(Cl)cc2C1)NCCSCc1ccccc1. The quantitative estimate of drug-likeness (QED) is 0.524. The van der Waals surface area contributed by atoms with E-state index in [9.17, 15) is 9.59 Å². The molecule has 2 aromatic carbocycles. The third kappa shape index (κ3) is 6.17. The van der Waals surface area contributed by atoms with E-state index in [1.807, 2.05) is 18.2 Å². The van der Waals surface area contributed by atoms with Gasteiger partial charge in [-0.25, -0.2) is 0 Å². The fourth-order valence-electron chi connectivity index (χ4n) is 2.85. The maximum Gasteiger partial charge on any atom is 0.313 e. The van der Waals surface area contributed by atoms with E-state index in [4.69, 9.17) is 21.1 Å². The standard InChI is InChI=1S/C21H22ClNO4S/c22-18-6-7-19-16(11-18)10-17(12-26-19)21(25)27-13-20(24)23-8-9-28-14-15-4-2-1-3-5-15/h1-7,11,17H,8-10,12-14H2,(H,23,24)/t17-/m0/s1. The van der Waals surface area contributed by atoms with Gasteiger partial charge >= 0.3 is 5.97 Å². The van der Waals surface area contributed by atoms with Crippen LogP contribution < -0.4 is 10.1 Å². The van der Waals surface area contributed by atoms with E-state index < -0.39 is 11.9 Å². The summed E-state index contributed by atoms with van der Waals surface area (Å²) in [5.41, 5.74) is 2.13. The third-order valence-corrected chi connectivity index (χ3v) is 5.55. The molecule has 0 spiro atoms. The van der Waals surface area contributed by atoms with Gasteiger partial charge in [0.15, 0.2) is 6.61 Å². The van der Waals surface area contributed by atoms with Crippen molar-refractivity contribution in [3.05, 3.63) is 64.7 Å². The lowest BCUT2D eigenvalue weighted by Gasteiger charge is -2.24. The zero-order valence-electron chi connectivity index (χ0n) is 15.4. The molecule has 7 heteroatoms. The van der Waals surface area contributed by atoms with Crippen molar-refractivity contribution in [2.24, 2.45) is 5.92 Å². The van der Waals surface area contributed by atoms with Crippen LogP contribution in [0.3, 0.4) is 0 Å². The number of rotatable bonds is 8. The summed E-state index contributed by atoms with van der Waals surface area (Å²) >= 11 is 7.73. The van der Waals surface area contributed by atoms with Gasteiger partial charge in [-0.1, -0.05) is 41.9 Å². The number of carbonyl (C=O) groups excluding carboxylic acids is 2. The number of ether oxygens (including phenoxy) is 2. The minimum absolute atomic E-state index is 0.241. The molecule has 1 aliphatic heterocycles. The van der Waals surface area contributed by atoms with Gasteiger partial charge in [-0.15, -0.1) is 0 Å². The molecular weight excluding hydrogens is 398 g/mol. The van der Waals surface area contributed by atoms with Gasteiger partial charge in [0.05, 0.1) is 5.92 Å². The van der Waals surface area contributed by atoms with Crippen LogP contribution in [0.2, 0.25) is 5.02 Å². The number of halogens is 1. The summed E-state index contributed by atoms with van der Waals surface area (Å²) in [7, 11) is 0. The van der Waals surface area contributed by atoms with Gasteiger partial charge in [-0.05, 0) is 35.7 Å². The fraction of sp³-hybridized carbons (Fsp3) is 0.333. The van der Waals surface area contributed by atoms with Crippen LogP contribution >= 0.6 is 23.4 Å². The summed E-state index contributed by atoms with van der Waals surface area (Å²) < 4.78 is 10.7. The van der Waals surface area contributed by atoms with E-state index in [0.29, 0.717) is 18.0 Å². The van der Waals surface area contributed by atoms with Gasteiger partial charge in [0, 0.05) is 23.1 Å². The number of nitrogens with one attached hydrogen (secondary N) is 1. The van der Waals surface area contributed by atoms with Crippen LogP contribution in [-0.2, 0) is 26.5 Å². The molecule has 2 aromatic rings. The van der Waals surface area contributed by atoms with Gasteiger partial charge in [-0.3, -0.25) is 9.59 Å². The minimum atomic E-state index is -0.431. The molecule has 1 N–H and O–H groups in total. The Morgan fingerprint density at radius 1 is 1.21 bits per heavy atom. The number of hydrogen-bond donors (Lipinski definition) is 1. The highest BCUT2D eigenvalue weighted by molar-refractivity contribution is 7.98. The number of fused-ring (bicyclic) bond motifs is 1. The molecule has 1 amide bonds. The van der Waals surface area contributed by atoms with Crippen molar-refractivity contribution in [2.45, 2.75) is 12.2 Å². The molecule has 5 nitrogen and oxygen atoms in total. The van der Waals surface area contributed by atoms with Gasteiger partial charge in [0.25, 0.3) is 5.91 Å². The van der Waals surface area contributed by atoms with Crippen LogP contribution in [0.4, 0.5) is 0 Å². The molecule has 0 bridgehead atoms. The number of benzene rings is 2. The molecular formula is C21H22ClNO4S. The molecule has 0 radical (unpaired) electrons. The van der Waals surface area contributed by atoms with Gasteiger partial charge in [0.2, 0.25) is 0 Å². The predicted octanol–water partition coefficient (Wildman–Crippen LogP) is 3.48. The van der Waals surface area contributed by atoms with Crippen LogP contribution in [0, 0.1) is 5.92 Å². The van der Waals surface area contributed by atoms with Crippen molar-refractivity contribution in [2.75, 3.05) is 25.5 Å². The molecule has 1 aliphatic rings. The molecule has 148 valence electrons. The monoisotopic (exact) mass is 419 g/mol. The van der Waals surface area contributed by atoms with Crippen molar-refractivity contribution in [3.63, 3.8) is 0 Å². The first kappa shape index (κ1) is 20.6. The molecule has 0 unspecified atom stereocenters. The molecule has 3 rings (SSSR count). The average molecular weight is 420 g/mol. The zero-order chi connectivity index (χ0) is 19.8. The lowest BCUT2D eigenvalue weighted by atomic mass is 9.97. The van der Waals surface area contributed by atoms with Crippen molar-refractivity contribution in [1.82, 2.24) is 5.32 Å². The first-order chi connectivity index (χ1) is 13.6. The summed E-state index contributed by atoms with van der Waals surface area (Å²) in [4.78, 5) is 24.1. The van der Waals surface area contributed by atoms with E-state index in [1.54, 1.807) is 30.0 Å². The first-order valence-corrected chi connectivity index (χ1v) is 10.6. The van der Waals surface area contributed by atoms with E-state index in [0.717, 1.165) is 22.8 Å². The van der Waals surface area contributed by atoms with E-state index in [2.05, 4.69) is 17.4 Å². The highest BCUT2D eigenvalue weighted by atomic mass is 35.5. The molecule has 0 saturated carbocycles. The Kier molecular flexibility index (Phi) is 7.62. The smallest absolute Gasteiger partial charge is 0.313 e. The number of thioether (sulfide) groups is 1. The second-order valence-electron chi connectivity index (χ2n) is 6.46. The minimum Gasteiger partial charge on any atom is -0.492 e. The van der Waals surface area contributed by atoms with E-state index in [1.165, 1.54) is 5.56 Å². The molecule has 1 heterocycles.